The topological polar surface area (TPSA) is 97.1 Å². The van der Waals surface area contributed by atoms with Gasteiger partial charge in [-0.15, -0.1) is 11.3 Å². The van der Waals surface area contributed by atoms with Gasteiger partial charge in [0.1, 0.15) is 0 Å². The molecule has 0 unspecified atom stereocenters. The first-order valence-corrected chi connectivity index (χ1v) is 7.24. The van der Waals surface area contributed by atoms with Gasteiger partial charge in [0.05, 0.1) is 12.1 Å². The van der Waals surface area contributed by atoms with Gasteiger partial charge in [-0.3, -0.25) is 9.59 Å². The summed E-state index contributed by atoms with van der Waals surface area (Å²) in [6.07, 6.45) is 0.212. The second-order valence-corrected chi connectivity index (χ2v) is 5.30. The highest BCUT2D eigenvalue weighted by Gasteiger charge is 2.07. The molecule has 1 aromatic heterocycles. The summed E-state index contributed by atoms with van der Waals surface area (Å²) in [7, 11) is 1.59. The predicted molar refractivity (Wildman–Crippen MR) is 81.9 cm³/mol. The molecule has 2 aromatic rings. The van der Waals surface area contributed by atoms with Crippen molar-refractivity contribution in [1.29, 1.82) is 0 Å². The third-order valence-electron chi connectivity index (χ3n) is 2.84. The van der Waals surface area contributed by atoms with E-state index >= 15 is 0 Å². The van der Waals surface area contributed by atoms with Crippen LogP contribution in [0.5, 0.6) is 0 Å². The molecule has 0 aliphatic carbocycles. The first-order chi connectivity index (χ1) is 10.1. The first-order valence-electron chi connectivity index (χ1n) is 6.36. The Balaban J connectivity index is 1.85. The van der Waals surface area contributed by atoms with Crippen LogP contribution in [0.3, 0.4) is 0 Å². The van der Waals surface area contributed by atoms with Gasteiger partial charge >= 0.3 is 0 Å². The molecular formula is C14H16N4O2S. The second kappa shape index (κ2) is 6.85. The van der Waals surface area contributed by atoms with Crippen molar-refractivity contribution < 1.29 is 9.59 Å². The van der Waals surface area contributed by atoms with Crippen LogP contribution in [0.15, 0.2) is 29.6 Å². The highest BCUT2D eigenvalue weighted by Crippen LogP contribution is 2.11. The van der Waals surface area contributed by atoms with E-state index in [1.54, 1.807) is 24.6 Å². The van der Waals surface area contributed by atoms with Gasteiger partial charge in [0.15, 0.2) is 5.13 Å². The van der Waals surface area contributed by atoms with Crippen molar-refractivity contribution in [2.24, 2.45) is 0 Å². The Morgan fingerprint density at radius 2 is 2.00 bits per heavy atom. The zero-order valence-electron chi connectivity index (χ0n) is 11.6. The summed E-state index contributed by atoms with van der Waals surface area (Å²) in [5.74, 6) is -0.248. The van der Waals surface area contributed by atoms with E-state index in [9.17, 15) is 9.59 Å². The number of nitrogens with one attached hydrogen (secondary N) is 2. The van der Waals surface area contributed by atoms with Crippen LogP contribution in [0.25, 0.3) is 0 Å². The first kappa shape index (κ1) is 15.0. The fraction of sp³-hybridized carbons (Fsp3) is 0.214. The summed E-state index contributed by atoms with van der Waals surface area (Å²) in [6.45, 7) is 0.409. The maximum atomic E-state index is 11.8. The van der Waals surface area contributed by atoms with Crippen LogP contribution in [0.1, 0.15) is 21.6 Å². The zero-order chi connectivity index (χ0) is 15.2. The zero-order valence-corrected chi connectivity index (χ0v) is 12.4. The number of rotatable bonds is 5. The summed E-state index contributed by atoms with van der Waals surface area (Å²) >= 11 is 1.32. The molecule has 0 aliphatic rings. The van der Waals surface area contributed by atoms with Gasteiger partial charge in [-0.05, 0) is 17.7 Å². The molecule has 0 aliphatic heterocycles. The minimum Gasteiger partial charge on any atom is -0.375 e. The lowest BCUT2D eigenvalue weighted by Crippen LogP contribution is -2.24. The standard InChI is InChI=1S/C14H16N4O2S/c1-16-13(20)10-4-2-9(3-5-10)7-17-12(19)6-11-8-21-14(15)18-11/h2-5,8H,6-7H2,1H3,(H2,15,18)(H,16,20)(H,17,19). The molecule has 2 amide bonds. The maximum Gasteiger partial charge on any atom is 0.251 e. The monoisotopic (exact) mass is 304 g/mol. The van der Waals surface area contributed by atoms with E-state index in [1.165, 1.54) is 11.3 Å². The Hall–Kier alpha value is -2.41. The molecule has 6 nitrogen and oxygen atoms in total. The van der Waals surface area contributed by atoms with Crippen molar-refractivity contribution in [3.63, 3.8) is 0 Å². The molecule has 0 atom stereocenters. The number of benzene rings is 1. The number of nitrogen functional groups attached to an aromatic ring is 1. The minimum atomic E-state index is -0.133. The molecule has 2 rings (SSSR count). The summed E-state index contributed by atoms with van der Waals surface area (Å²) in [5.41, 5.74) is 7.70. The van der Waals surface area contributed by atoms with Crippen LogP contribution >= 0.6 is 11.3 Å². The third-order valence-corrected chi connectivity index (χ3v) is 3.57. The average Bonchev–Trinajstić information content (AvgIpc) is 2.90. The van der Waals surface area contributed by atoms with Gasteiger partial charge in [0.2, 0.25) is 5.91 Å². The number of hydrogen-bond acceptors (Lipinski definition) is 5. The largest absolute Gasteiger partial charge is 0.375 e. The molecule has 1 aromatic carbocycles. The Morgan fingerprint density at radius 3 is 2.57 bits per heavy atom. The molecule has 0 fully saturated rings. The Morgan fingerprint density at radius 1 is 1.29 bits per heavy atom. The summed E-state index contributed by atoms with van der Waals surface area (Å²) in [5, 5.41) is 7.59. The molecule has 7 heteroatoms. The Bertz CT molecular complexity index is 637. The van der Waals surface area contributed by atoms with Gasteiger partial charge < -0.3 is 16.4 Å². The second-order valence-electron chi connectivity index (χ2n) is 4.41. The normalized spacial score (nSPS) is 10.1. The highest BCUT2D eigenvalue weighted by molar-refractivity contribution is 7.13. The third kappa shape index (κ3) is 4.28. The molecule has 0 saturated carbocycles. The van der Waals surface area contributed by atoms with E-state index in [1.807, 2.05) is 12.1 Å². The van der Waals surface area contributed by atoms with Crippen LogP contribution in [0, 0.1) is 0 Å². The molecule has 0 spiro atoms. The predicted octanol–water partition coefficient (Wildman–Crippen LogP) is 0.944. The quantitative estimate of drug-likeness (QED) is 0.766. The SMILES string of the molecule is CNC(=O)c1ccc(CNC(=O)Cc2csc(N)n2)cc1. The fourth-order valence-corrected chi connectivity index (χ4v) is 2.31. The molecule has 4 N–H and O–H groups in total. The summed E-state index contributed by atoms with van der Waals surface area (Å²) in [6, 6.07) is 7.07. The molecule has 0 saturated heterocycles. The van der Waals surface area contributed by atoms with Gasteiger partial charge in [0.25, 0.3) is 5.91 Å². The van der Waals surface area contributed by atoms with Crippen molar-refractivity contribution in [3.8, 4) is 0 Å². The van der Waals surface area contributed by atoms with Crippen molar-refractivity contribution >= 4 is 28.3 Å². The van der Waals surface area contributed by atoms with E-state index in [2.05, 4.69) is 15.6 Å². The van der Waals surface area contributed by atoms with Crippen LogP contribution in [0.4, 0.5) is 5.13 Å². The summed E-state index contributed by atoms with van der Waals surface area (Å²) < 4.78 is 0. The highest BCUT2D eigenvalue weighted by atomic mass is 32.1. The number of nitrogens with zero attached hydrogens (tertiary/aromatic N) is 1. The van der Waals surface area contributed by atoms with Crippen LogP contribution in [-0.4, -0.2) is 23.8 Å². The summed E-state index contributed by atoms with van der Waals surface area (Å²) in [4.78, 5) is 27.2. The number of aromatic nitrogens is 1. The Kier molecular flexibility index (Phi) is 4.89. The number of hydrogen-bond donors (Lipinski definition) is 3. The lowest BCUT2D eigenvalue weighted by atomic mass is 10.1. The van der Waals surface area contributed by atoms with Crippen LogP contribution in [0.2, 0.25) is 0 Å². The van der Waals surface area contributed by atoms with E-state index < -0.39 is 0 Å². The number of nitrogens with two attached hydrogens (primary N) is 1. The van der Waals surface area contributed by atoms with Crippen LogP contribution in [-0.2, 0) is 17.8 Å². The fourth-order valence-electron chi connectivity index (χ4n) is 1.75. The van der Waals surface area contributed by atoms with E-state index in [-0.39, 0.29) is 18.2 Å². The number of amides is 2. The van der Waals surface area contributed by atoms with E-state index in [4.69, 9.17) is 5.73 Å². The molecular weight excluding hydrogens is 288 g/mol. The van der Waals surface area contributed by atoms with Crippen molar-refractivity contribution in [2.45, 2.75) is 13.0 Å². The number of anilines is 1. The minimum absolute atomic E-state index is 0.115. The van der Waals surface area contributed by atoms with Crippen LogP contribution < -0.4 is 16.4 Å². The molecule has 110 valence electrons. The molecule has 1 heterocycles. The van der Waals surface area contributed by atoms with Crippen molar-refractivity contribution in [3.05, 3.63) is 46.5 Å². The number of carbonyl (C=O) groups is 2. The lowest BCUT2D eigenvalue weighted by molar-refractivity contribution is -0.120. The van der Waals surface area contributed by atoms with E-state index in [0.717, 1.165) is 5.56 Å². The smallest absolute Gasteiger partial charge is 0.251 e. The van der Waals surface area contributed by atoms with Gasteiger partial charge in [-0.2, -0.15) is 0 Å². The average molecular weight is 304 g/mol. The number of thiazole rings is 1. The maximum absolute atomic E-state index is 11.8. The molecule has 21 heavy (non-hydrogen) atoms. The lowest BCUT2D eigenvalue weighted by Gasteiger charge is -2.05. The van der Waals surface area contributed by atoms with Crippen molar-refractivity contribution in [2.75, 3.05) is 12.8 Å². The Labute approximate surface area is 126 Å². The van der Waals surface area contributed by atoms with Gasteiger partial charge in [-0.25, -0.2) is 4.98 Å². The van der Waals surface area contributed by atoms with Crippen molar-refractivity contribution in [1.82, 2.24) is 15.6 Å². The number of carbonyl (C=O) groups excluding carboxylic acids is 2. The molecule has 0 radical (unpaired) electrons. The molecule has 0 bridgehead atoms. The van der Waals surface area contributed by atoms with Gasteiger partial charge in [0, 0.05) is 24.5 Å². The van der Waals surface area contributed by atoms with Gasteiger partial charge in [-0.1, -0.05) is 12.1 Å². The van der Waals surface area contributed by atoms with E-state index in [0.29, 0.717) is 22.9 Å².